The number of rotatable bonds is 7. The smallest absolute Gasteiger partial charge is 0.0434 e. The molecule has 108 valence electrons. The lowest BCUT2D eigenvalue weighted by Gasteiger charge is -2.25. The van der Waals surface area contributed by atoms with Crippen molar-refractivity contribution < 1.29 is 0 Å². The van der Waals surface area contributed by atoms with Crippen LogP contribution in [0.2, 0.25) is 0 Å². The maximum atomic E-state index is 3.58. The molecule has 1 atom stereocenters. The number of thiophene rings is 1. The molecule has 2 rings (SSSR count). The molecule has 0 aliphatic carbocycles. The normalized spacial score (nSPS) is 12.3. The zero-order valence-electron chi connectivity index (χ0n) is 12.6. The van der Waals surface area contributed by atoms with E-state index in [1.807, 2.05) is 0 Å². The maximum absolute atomic E-state index is 3.58. The second-order valence-corrected chi connectivity index (χ2v) is 6.00. The van der Waals surface area contributed by atoms with E-state index in [1.54, 1.807) is 11.3 Å². The van der Waals surface area contributed by atoms with Crippen LogP contribution in [0, 0.1) is 0 Å². The van der Waals surface area contributed by atoms with Crippen molar-refractivity contribution in [3.63, 3.8) is 0 Å². The Kier molecular flexibility index (Phi) is 5.62. The molecule has 2 aromatic rings. The molecule has 0 amide bonds. The van der Waals surface area contributed by atoms with Gasteiger partial charge in [-0.3, -0.25) is 0 Å². The summed E-state index contributed by atoms with van der Waals surface area (Å²) >= 11 is 1.76. The SMILES string of the molecule is CCCNC(C)c1ccccc1N(C)Cc1ccsc1. The topological polar surface area (TPSA) is 15.3 Å². The molecular formula is C17H24N2S. The van der Waals surface area contributed by atoms with E-state index in [-0.39, 0.29) is 0 Å². The molecular weight excluding hydrogens is 264 g/mol. The molecule has 1 heterocycles. The summed E-state index contributed by atoms with van der Waals surface area (Å²) in [4.78, 5) is 2.33. The maximum Gasteiger partial charge on any atom is 0.0434 e. The fraction of sp³-hybridized carbons (Fsp3) is 0.412. The molecule has 0 aliphatic heterocycles. The Morgan fingerprint density at radius 2 is 2.05 bits per heavy atom. The first kappa shape index (κ1) is 15.1. The van der Waals surface area contributed by atoms with Gasteiger partial charge in [0.05, 0.1) is 0 Å². The largest absolute Gasteiger partial charge is 0.370 e. The highest BCUT2D eigenvalue weighted by Crippen LogP contribution is 2.26. The van der Waals surface area contributed by atoms with Gasteiger partial charge in [-0.05, 0) is 53.9 Å². The van der Waals surface area contributed by atoms with E-state index < -0.39 is 0 Å². The molecule has 1 unspecified atom stereocenters. The van der Waals surface area contributed by atoms with Crippen LogP contribution in [0.4, 0.5) is 5.69 Å². The van der Waals surface area contributed by atoms with Gasteiger partial charge in [0.1, 0.15) is 0 Å². The van der Waals surface area contributed by atoms with Gasteiger partial charge in [-0.2, -0.15) is 11.3 Å². The highest BCUT2D eigenvalue weighted by Gasteiger charge is 2.12. The van der Waals surface area contributed by atoms with Gasteiger partial charge in [-0.1, -0.05) is 25.1 Å². The van der Waals surface area contributed by atoms with Crippen molar-refractivity contribution in [1.82, 2.24) is 5.32 Å². The molecule has 0 aliphatic rings. The van der Waals surface area contributed by atoms with Crippen LogP contribution in [0.25, 0.3) is 0 Å². The van der Waals surface area contributed by atoms with Gasteiger partial charge in [0.2, 0.25) is 0 Å². The predicted octanol–water partition coefficient (Wildman–Crippen LogP) is 4.45. The average Bonchev–Trinajstić information content (AvgIpc) is 2.97. The minimum absolute atomic E-state index is 0.385. The molecule has 0 saturated heterocycles. The van der Waals surface area contributed by atoms with Crippen LogP contribution in [0.5, 0.6) is 0 Å². The monoisotopic (exact) mass is 288 g/mol. The Morgan fingerprint density at radius 3 is 2.75 bits per heavy atom. The van der Waals surface area contributed by atoms with Crippen LogP contribution >= 0.6 is 11.3 Å². The minimum Gasteiger partial charge on any atom is -0.370 e. The summed E-state index contributed by atoms with van der Waals surface area (Å²) in [6.07, 6.45) is 1.16. The first-order valence-electron chi connectivity index (χ1n) is 7.27. The number of hydrogen-bond donors (Lipinski definition) is 1. The molecule has 0 spiro atoms. The second kappa shape index (κ2) is 7.46. The van der Waals surface area contributed by atoms with Crippen molar-refractivity contribution in [3.05, 3.63) is 52.2 Å². The van der Waals surface area contributed by atoms with E-state index in [0.717, 1.165) is 19.5 Å². The predicted molar refractivity (Wildman–Crippen MR) is 89.6 cm³/mol. The van der Waals surface area contributed by atoms with E-state index in [0.29, 0.717) is 6.04 Å². The van der Waals surface area contributed by atoms with Crippen LogP contribution in [0.1, 0.15) is 37.4 Å². The second-order valence-electron chi connectivity index (χ2n) is 5.22. The lowest BCUT2D eigenvalue weighted by Crippen LogP contribution is -2.23. The molecule has 2 nitrogen and oxygen atoms in total. The van der Waals surface area contributed by atoms with Crippen molar-refractivity contribution in [3.8, 4) is 0 Å². The van der Waals surface area contributed by atoms with Crippen molar-refractivity contribution in [2.75, 3.05) is 18.5 Å². The molecule has 0 radical (unpaired) electrons. The lowest BCUT2D eigenvalue weighted by atomic mass is 10.0. The molecule has 20 heavy (non-hydrogen) atoms. The summed E-state index contributed by atoms with van der Waals surface area (Å²) in [6.45, 7) is 6.46. The van der Waals surface area contributed by atoms with E-state index in [4.69, 9.17) is 0 Å². The third-order valence-corrected chi connectivity index (χ3v) is 4.25. The number of hydrogen-bond acceptors (Lipinski definition) is 3. The molecule has 0 saturated carbocycles. The fourth-order valence-corrected chi connectivity index (χ4v) is 3.07. The third-order valence-electron chi connectivity index (χ3n) is 3.51. The summed E-state index contributed by atoms with van der Waals surface area (Å²) in [6, 6.07) is 11.3. The number of benzene rings is 1. The molecule has 0 fully saturated rings. The van der Waals surface area contributed by atoms with Gasteiger partial charge in [0.15, 0.2) is 0 Å². The van der Waals surface area contributed by atoms with Crippen LogP contribution in [0.15, 0.2) is 41.1 Å². The van der Waals surface area contributed by atoms with Crippen LogP contribution in [-0.4, -0.2) is 13.6 Å². The van der Waals surface area contributed by atoms with Gasteiger partial charge < -0.3 is 10.2 Å². The Balaban J connectivity index is 2.14. The van der Waals surface area contributed by atoms with Gasteiger partial charge in [-0.15, -0.1) is 0 Å². The third kappa shape index (κ3) is 3.84. The molecule has 1 N–H and O–H groups in total. The Bertz CT molecular complexity index is 507. The summed E-state index contributed by atoms with van der Waals surface area (Å²) in [7, 11) is 2.17. The van der Waals surface area contributed by atoms with Gasteiger partial charge in [0, 0.05) is 25.3 Å². The zero-order chi connectivity index (χ0) is 14.4. The number of nitrogens with one attached hydrogen (secondary N) is 1. The van der Waals surface area contributed by atoms with Gasteiger partial charge >= 0.3 is 0 Å². The van der Waals surface area contributed by atoms with Crippen molar-refractivity contribution in [2.24, 2.45) is 0 Å². The van der Waals surface area contributed by atoms with Crippen LogP contribution in [-0.2, 0) is 6.54 Å². The molecule has 3 heteroatoms. The Hall–Kier alpha value is -1.32. The van der Waals surface area contributed by atoms with E-state index >= 15 is 0 Å². The highest BCUT2D eigenvalue weighted by atomic mass is 32.1. The first-order valence-corrected chi connectivity index (χ1v) is 8.21. The van der Waals surface area contributed by atoms with Gasteiger partial charge in [0.25, 0.3) is 0 Å². The van der Waals surface area contributed by atoms with Crippen LogP contribution < -0.4 is 10.2 Å². The summed E-state index contributed by atoms with van der Waals surface area (Å²) < 4.78 is 0. The minimum atomic E-state index is 0.385. The van der Waals surface area contributed by atoms with Crippen LogP contribution in [0.3, 0.4) is 0 Å². The molecule has 0 bridgehead atoms. The zero-order valence-corrected chi connectivity index (χ0v) is 13.4. The van der Waals surface area contributed by atoms with E-state index in [9.17, 15) is 0 Å². The summed E-state index contributed by atoms with van der Waals surface area (Å²) in [5, 5.41) is 7.94. The molecule has 1 aromatic heterocycles. The Labute approximate surface area is 126 Å². The first-order chi connectivity index (χ1) is 9.72. The van der Waals surface area contributed by atoms with Crippen molar-refractivity contribution >= 4 is 17.0 Å². The summed E-state index contributed by atoms with van der Waals surface area (Å²) in [5.41, 5.74) is 4.06. The number of anilines is 1. The van der Waals surface area contributed by atoms with E-state index in [1.165, 1.54) is 16.8 Å². The van der Waals surface area contributed by atoms with Crippen molar-refractivity contribution in [2.45, 2.75) is 32.9 Å². The lowest BCUT2D eigenvalue weighted by molar-refractivity contribution is 0.570. The summed E-state index contributed by atoms with van der Waals surface area (Å²) in [5.74, 6) is 0. The standard InChI is InChI=1S/C17H24N2S/c1-4-10-18-14(2)16-7-5-6-8-17(16)19(3)12-15-9-11-20-13-15/h5-9,11,13-14,18H,4,10,12H2,1-3H3. The average molecular weight is 288 g/mol. The van der Waals surface area contributed by atoms with Gasteiger partial charge in [-0.25, -0.2) is 0 Å². The highest BCUT2D eigenvalue weighted by molar-refractivity contribution is 7.07. The van der Waals surface area contributed by atoms with Crippen molar-refractivity contribution in [1.29, 1.82) is 0 Å². The Morgan fingerprint density at radius 1 is 1.25 bits per heavy atom. The quantitative estimate of drug-likeness (QED) is 0.810. The van der Waals surface area contributed by atoms with E-state index in [2.05, 4.69) is 72.2 Å². The number of para-hydroxylation sites is 1. The fourth-order valence-electron chi connectivity index (χ4n) is 2.41. The molecule has 1 aromatic carbocycles. The number of nitrogens with zero attached hydrogens (tertiary/aromatic N) is 1.